The van der Waals surface area contributed by atoms with E-state index < -0.39 is 17.4 Å². The maximum atomic E-state index is 13.5. The molecule has 1 aromatic carbocycles. The molecule has 4 rings (SSSR count). The van der Waals surface area contributed by atoms with Crippen molar-refractivity contribution in [2.45, 2.75) is 12.7 Å². The van der Waals surface area contributed by atoms with Gasteiger partial charge in [0.2, 0.25) is 0 Å². The molecule has 0 saturated heterocycles. The van der Waals surface area contributed by atoms with Crippen molar-refractivity contribution >= 4 is 5.65 Å². The Balaban J connectivity index is 1.99. The zero-order valence-electron chi connectivity index (χ0n) is 13.2. The number of aromatic amines is 1. The number of fused-ring (bicyclic) bond motifs is 1. The molecule has 0 amide bonds. The molecule has 0 saturated carbocycles. The summed E-state index contributed by atoms with van der Waals surface area (Å²) < 4.78 is 42.9. The fourth-order valence-electron chi connectivity index (χ4n) is 2.81. The first-order valence-electron chi connectivity index (χ1n) is 7.68. The molecule has 132 valence electrons. The summed E-state index contributed by atoms with van der Waals surface area (Å²) >= 11 is 0. The van der Waals surface area contributed by atoms with Crippen molar-refractivity contribution in [3.8, 4) is 11.1 Å². The summed E-state index contributed by atoms with van der Waals surface area (Å²) in [6.45, 7) is 0.180. The molecule has 0 bridgehead atoms. The summed E-state index contributed by atoms with van der Waals surface area (Å²) in [7, 11) is 0. The van der Waals surface area contributed by atoms with Gasteiger partial charge in [-0.2, -0.15) is 18.3 Å². The van der Waals surface area contributed by atoms with E-state index in [0.29, 0.717) is 11.3 Å². The zero-order chi connectivity index (χ0) is 18.3. The van der Waals surface area contributed by atoms with Gasteiger partial charge in [-0.05, 0) is 11.6 Å². The van der Waals surface area contributed by atoms with Crippen LogP contribution >= 0.6 is 0 Å². The maximum absolute atomic E-state index is 13.5. The van der Waals surface area contributed by atoms with E-state index in [1.165, 1.54) is 10.7 Å². The molecule has 9 heteroatoms. The van der Waals surface area contributed by atoms with Gasteiger partial charge in [-0.25, -0.2) is 9.50 Å². The number of hydrogen-bond acceptors (Lipinski definition) is 3. The monoisotopic (exact) mass is 359 g/mol. The van der Waals surface area contributed by atoms with Crippen LogP contribution in [0.4, 0.5) is 13.2 Å². The van der Waals surface area contributed by atoms with Crippen LogP contribution in [0, 0.1) is 0 Å². The largest absolute Gasteiger partial charge is 0.433 e. The van der Waals surface area contributed by atoms with E-state index in [4.69, 9.17) is 0 Å². The standard InChI is InChI=1S/C17H12F3N5O/c18-17(19,20)15-14(11-5-2-1-3-6-11)16-22-12(9-13(26)25(16)23-15)10-24-8-4-7-21-24/h1-9,23H,10H2. The minimum Gasteiger partial charge on any atom is -0.284 e. The van der Waals surface area contributed by atoms with Crippen molar-refractivity contribution in [1.82, 2.24) is 24.4 Å². The summed E-state index contributed by atoms with van der Waals surface area (Å²) in [6, 6.07) is 11.0. The quantitative estimate of drug-likeness (QED) is 0.612. The van der Waals surface area contributed by atoms with Crippen molar-refractivity contribution in [3.05, 3.63) is 76.6 Å². The van der Waals surface area contributed by atoms with E-state index in [1.54, 1.807) is 48.8 Å². The lowest BCUT2D eigenvalue weighted by molar-refractivity contribution is -0.140. The average molecular weight is 359 g/mol. The molecule has 0 radical (unpaired) electrons. The lowest BCUT2D eigenvalue weighted by atomic mass is 10.1. The Morgan fingerprint density at radius 2 is 1.88 bits per heavy atom. The van der Waals surface area contributed by atoms with Gasteiger partial charge < -0.3 is 0 Å². The van der Waals surface area contributed by atoms with Crippen LogP contribution in [0.2, 0.25) is 0 Å². The van der Waals surface area contributed by atoms with Crippen LogP contribution in [0.3, 0.4) is 0 Å². The number of H-pyrrole nitrogens is 1. The Bertz CT molecular complexity index is 1110. The Morgan fingerprint density at radius 1 is 1.12 bits per heavy atom. The molecule has 3 aromatic heterocycles. The van der Waals surface area contributed by atoms with Crippen LogP contribution < -0.4 is 5.56 Å². The Hall–Kier alpha value is -3.36. The number of benzene rings is 1. The molecule has 0 spiro atoms. The third-order valence-corrected chi connectivity index (χ3v) is 3.90. The Morgan fingerprint density at radius 3 is 2.54 bits per heavy atom. The Labute approximate surface area is 144 Å². The van der Waals surface area contributed by atoms with Crippen LogP contribution in [-0.4, -0.2) is 24.4 Å². The summed E-state index contributed by atoms with van der Waals surface area (Å²) in [5, 5.41) is 6.18. The SMILES string of the molecule is O=c1cc(Cn2cccn2)nc2c(-c3ccccc3)c(C(F)(F)F)[nH]n12. The molecular formula is C17H12F3N5O. The van der Waals surface area contributed by atoms with Gasteiger partial charge in [0.15, 0.2) is 5.65 Å². The third kappa shape index (κ3) is 2.77. The summed E-state index contributed by atoms with van der Waals surface area (Å²) in [5.74, 6) is 0. The molecule has 0 fully saturated rings. The van der Waals surface area contributed by atoms with Crippen molar-refractivity contribution in [2.24, 2.45) is 0 Å². The van der Waals surface area contributed by atoms with E-state index in [-0.39, 0.29) is 17.8 Å². The summed E-state index contributed by atoms with van der Waals surface area (Å²) in [6.07, 6.45) is -1.41. The van der Waals surface area contributed by atoms with E-state index in [0.717, 1.165) is 4.52 Å². The number of alkyl halides is 3. The third-order valence-electron chi connectivity index (χ3n) is 3.90. The van der Waals surface area contributed by atoms with Gasteiger partial charge in [-0.1, -0.05) is 30.3 Å². The summed E-state index contributed by atoms with van der Waals surface area (Å²) in [5.41, 5.74) is -1.21. The smallest absolute Gasteiger partial charge is 0.284 e. The van der Waals surface area contributed by atoms with Gasteiger partial charge in [0.25, 0.3) is 5.56 Å². The Kier molecular flexibility index (Phi) is 3.64. The van der Waals surface area contributed by atoms with Crippen molar-refractivity contribution in [3.63, 3.8) is 0 Å². The van der Waals surface area contributed by atoms with Crippen molar-refractivity contribution < 1.29 is 13.2 Å². The van der Waals surface area contributed by atoms with Gasteiger partial charge in [0.05, 0.1) is 17.8 Å². The van der Waals surface area contributed by atoms with Crippen LogP contribution in [0.15, 0.2) is 59.7 Å². The molecule has 0 aliphatic carbocycles. The number of aromatic nitrogens is 5. The average Bonchev–Trinajstić information content (AvgIpc) is 3.23. The number of nitrogens with zero attached hydrogens (tertiary/aromatic N) is 4. The highest BCUT2D eigenvalue weighted by molar-refractivity contribution is 5.80. The molecule has 3 heterocycles. The predicted octanol–water partition coefficient (Wildman–Crippen LogP) is 2.95. The van der Waals surface area contributed by atoms with Crippen LogP contribution in [0.1, 0.15) is 11.4 Å². The second kappa shape index (κ2) is 5.87. The second-order valence-corrected chi connectivity index (χ2v) is 5.67. The first-order chi connectivity index (χ1) is 12.4. The zero-order valence-corrected chi connectivity index (χ0v) is 13.2. The molecule has 4 aromatic rings. The topological polar surface area (TPSA) is 68.0 Å². The number of nitrogens with one attached hydrogen (secondary N) is 1. The second-order valence-electron chi connectivity index (χ2n) is 5.67. The normalized spacial score (nSPS) is 12.0. The fourth-order valence-corrected chi connectivity index (χ4v) is 2.81. The molecule has 26 heavy (non-hydrogen) atoms. The molecule has 6 nitrogen and oxygen atoms in total. The van der Waals surface area contributed by atoms with Crippen LogP contribution in [0.25, 0.3) is 16.8 Å². The highest BCUT2D eigenvalue weighted by Crippen LogP contribution is 2.37. The number of hydrogen-bond donors (Lipinski definition) is 1. The van der Waals surface area contributed by atoms with E-state index in [9.17, 15) is 18.0 Å². The van der Waals surface area contributed by atoms with Gasteiger partial charge in [-0.15, -0.1) is 0 Å². The summed E-state index contributed by atoms with van der Waals surface area (Å²) in [4.78, 5) is 16.6. The molecular weight excluding hydrogens is 347 g/mol. The molecule has 0 unspecified atom stereocenters. The fraction of sp³-hybridized carbons (Fsp3) is 0.118. The molecule has 0 aliphatic heterocycles. The van der Waals surface area contributed by atoms with Crippen LogP contribution in [-0.2, 0) is 12.7 Å². The highest BCUT2D eigenvalue weighted by Gasteiger charge is 2.38. The number of rotatable bonds is 3. The number of halogens is 3. The van der Waals surface area contributed by atoms with Gasteiger partial charge in [0.1, 0.15) is 5.69 Å². The first kappa shape index (κ1) is 16.1. The lowest BCUT2D eigenvalue weighted by Gasteiger charge is -2.07. The van der Waals surface area contributed by atoms with Gasteiger partial charge >= 0.3 is 6.18 Å². The first-order valence-corrected chi connectivity index (χ1v) is 7.68. The molecule has 0 aliphatic rings. The van der Waals surface area contributed by atoms with Gasteiger partial charge in [0, 0.05) is 18.5 Å². The minimum atomic E-state index is -4.66. The minimum absolute atomic E-state index is 0.0711. The van der Waals surface area contributed by atoms with E-state index in [2.05, 4.69) is 15.2 Å². The maximum Gasteiger partial charge on any atom is 0.433 e. The predicted molar refractivity (Wildman–Crippen MR) is 87.6 cm³/mol. The molecule has 0 atom stereocenters. The van der Waals surface area contributed by atoms with Gasteiger partial charge in [-0.3, -0.25) is 14.6 Å². The van der Waals surface area contributed by atoms with Crippen molar-refractivity contribution in [2.75, 3.05) is 0 Å². The van der Waals surface area contributed by atoms with Crippen molar-refractivity contribution in [1.29, 1.82) is 0 Å². The van der Waals surface area contributed by atoms with E-state index >= 15 is 0 Å². The molecule has 1 N–H and O–H groups in total. The highest BCUT2D eigenvalue weighted by atomic mass is 19.4. The van der Waals surface area contributed by atoms with Crippen LogP contribution in [0.5, 0.6) is 0 Å². The lowest BCUT2D eigenvalue weighted by Crippen LogP contribution is -2.17. The van der Waals surface area contributed by atoms with E-state index in [1.807, 2.05) is 0 Å².